The zero-order valence-corrected chi connectivity index (χ0v) is 10.3. The van der Waals surface area contributed by atoms with Gasteiger partial charge in [-0.25, -0.2) is 0 Å². The lowest BCUT2D eigenvalue weighted by molar-refractivity contribution is -0.173. The molecule has 0 spiro atoms. The van der Waals surface area contributed by atoms with Crippen LogP contribution in [0.5, 0.6) is 0 Å². The summed E-state index contributed by atoms with van der Waals surface area (Å²) in [6.07, 6.45) is 1.47. The van der Waals surface area contributed by atoms with Crippen LogP contribution >= 0.6 is 0 Å². The van der Waals surface area contributed by atoms with E-state index in [1.165, 1.54) is 19.3 Å². The minimum absolute atomic E-state index is 0.0768. The molecule has 18 heavy (non-hydrogen) atoms. The molecule has 0 atom stereocenters. The summed E-state index contributed by atoms with van der Waals surface area (Å²) in [5, 5.41) is 3.08. The molecule has 0 unspecified atom stereocenters. The summed E-state index contributed by atoms with van der Waals surface area (Å²) >= 11 is 0. The van der Waals surface area contributed by atoms with E-state index >= 15 is 0 Å². The van der Waals surface area contributed by atoms with Crippen molar-refractivity contribution in [3.63, 3.8) is 0 Å². The van der Waals surface area contributed by atoms with Gasteiger partial charge in [-0.1, -0.05) is 19.3 Å². The molecule has 1 aliphatic carbocycles. The number of nitrogens with two attached hydrogens (primary N) is 1. The number of alkyl halides is 3. The van der Waals surface area contributed by atoms with Crippen molar-refractivity contribution in [1.82, 2.24) is 5.32 Å². The minimum Gasteiger partial charge on any atom is -0.370 e. The van der Waals surface area contributed by atoms with Gasteiger partial charge in [0.1, 0.15) is 6.61 Å². The van der Waals surface area contributed by atoms with Crippen LogP contribution in [0.2, 0.25) is 0 Å². The van der Waals surface area contributed by atoms with Crippen LogP contribution in [0.1, 0.15) is 32.1 Å². The first-order valence-electron chi connectivity index (χ1n) is 6.18. The first kappa shape index (κ1) is 15.1. The molecule has 106 valence electrons. The molecule has 0 bridgehead atoms. The summed E-state index contributed by atoms with van der Waals surface area (Å²) in [6, 6.07) is 0.346. The summed E-state index contributed by atoms with van der Waals surface area (Å²) in [6.45, 7) is -1.17. The van der Waals surface area contributed by atoms with E-state index in [1.807, 2.05) is 0 Å². The van der Waals surface area contributed by atoms with Gasteiger partial charge in [-0.05, 0) is 12.8 Å². The van der Waals surface area contributed by atoms with Gasteiger partial charge in [-0.2, -0.15) is 13.2 Å². The Kier molecular flexibility index (Phi) is 6.24. The molecule has 3 N–H and O–H groups in total. The van der Waals surface area contributed by atoms with Gasteiger partial charge in [0.25, 0.3) is 0 Å². The second kappa shape index (κ2) is 7.45. The van der Waals surface area contributed by atoms with Crippen molar-refractivity contribution in [3.05, 3.63) is 0 Å². The van der Waals surface area contributed by atoms with Crippen LogP contribution in [-0.2, 0) is 4.74 Å². The zero-order valence-electron chi connectivity index (χ0n) is 10.3. The summed E-state index contributed by atoms with van der Waals surface area (Å²) in [4.78, 5) is 3.93. The fourth-order valence-electron chi connectivity index (χ4n) is 1.92. The molecular formula is C11H20F3N3O. The summed E-state index contributed by atoms with van der Waals surface area (Å²) in [7, 11) is 0. The molecule has 4 nitrogen and oxygen atoms in total. The third-order valence-electron chi connectivity index (χ3n) is 2.74. The number of halogens is 3. The molecule has 1 saturated carbocycles. The summed E-state index contributed by atoms with van der Waals surface area (Å²) in [5.74, 6) is 0.289. The number of nitrogens with zero attached hydrogens (tertiary/aromatic N) is 1. The third kappa shape index (κ3) is 7.37. The first-order chi connectivity index (χ1) is 8.47. The molecule has 0 aromatic carbocycles. The molecule has 1 rings (SSSR count). The number of hydrogen-bond acceptors (Lipinski definition) is 2. The van der Waals surface area contributed by atoms with E-state index in [2.05, 4.69) is 15.0 Å². The molecule has 0 aromatic rings. The van der Waals surface area contributed by atoms with Crippen molar-refractivity contribution in [3.8, 4) is 0 Å². The van der Waals surface area contributed by atoms with Gasteiger partial charge >= 0.3 is 6.18 Å². The van der Waals surface area contributed by atoms with Gasteiger partial charge in [0.2, 0.25) is 0 Å². The van der Waals surface area contributed by atoms with Crippen LogP contribution in [0.15, 0.2) is 4.99 Å². The second-order valence-corrected chi connectivity index (χ2v) is 4.41. The molecule has 0 aliphatic heterocycles. The van der Waals surface area contributed by atoms with Crippen LogP contribution in [0.3, 0.4) is 0 Å². The Balaban J connectivity index is 2.09. The summed E-state index contributed by atoms with van der Waals surface area (Å²) in [5.41, 5.74) is 5.63. The van der Waals surface area contributed by atoms with Crippen molar-refractivity contribution in [1.29, 1.82) is 0 Å². The second-order valence-electron chi connectivity index (χ2n) is 4.41. The maximum Gasteiger partial charge on any atom is 0.411 e. The molecule has 0 radical (unpaired) electrons. The topological polar surface area (TPSA) is 59.6 Å². The van der Waals surface area contributed by atoms with E-state index in [4.69, 9.17) is 5.73 Å². The number of ether oxygens (including phenoxy) is 1. The highest BCUT2D eigenvalue weighted by Crippen LogP contribution is 2.17. The van der Waals surface area contributed by atoms with Gasteiger partial charge in [-0.3, -0.25) is 4.99 Å². The maximum absolute atomic E-state index is 11.8. The Hall–Kier alpha value is -0.980. The minimum atomic E-state index is -4.28. The molecule has 0 aromatic heterocycles. The van der Waals surface area contributed by atoms with E-state index in [1.54, 1.807) is 0 Å². The van der Waals surface area contributed by atoms with E-state index < -0.39 is 12.8 Å². The Morgan fingerprint density at radius 1 is 1.28 bits per heavy atom. The normalized spacial score (nSPS) is 18.9. The predicted octanol–water partition coefficient (Wildman–Crippen LogP) is 1.80. The van der Waals surface area contributed by atoms with Crippen LogP contribution < -0.4 is 11.1 Å². The van der Waals surface area contributed by atoms with E-state index in [0.717, 1.165) is 12.8 Å². The predicted molar refractivity (Wildman–Crippen MR) is 63.4 cm³/mol. The fraction of sp³-hybridized carbons (Fsp3) is 0.909. The van der Waals surface area contributed by atoms with E-state index in [9.17, 15) is 13.2 Å². The van der Waals surface area contributed by atoms with Crippen LogP contribution in [0, 0.1) is 0 Å². The van der Waals surface area contributed by atoms with Crippen LogP contribution in [0.25, 0.3) is 0 Å². The average molecular weight is 267 g/mol. The van der Waals surface area contributed by atoms with Crippen molar-refractivity contribution >= 4 is 5.96 Å². The van der Waals surface area contributed by atoms with Crippen molar-refractivity contribution in [2.75, 3.05) is 19.8 Å². The average Bonchev–Trinajstić information content (AvgIpc) is 2.28. The van der Waals surface area contributed by atoms with Crippen LogP contribution in [-0.4, -0.2) is 37.9 Å². The number of hydrogen-bond donors (Lipinski definition) is 2. The quantitative estimate of drug-likeness (QED) is 0.453. The third-order valence-corrected chi connectivity index (χ3v) is 2.74. The molecule has 0 heterocycles. The van der Waals surface area contributed by atoms with Gasteiger partial charge in [0.05, 0.1) is 13.2 Å². The SMILES string of the molecule is NC(=NCCOCC(F)(F)F)NC1CCCCC1. The standard InChI is InChI=1S/C11H20F3N3O/c12-11(13,14)8-18-7-6-16-10(15)17-9-4-2-1-3-5-9/h9H,1-8H2,(H3,15,16,17). The zero-order chi connectivity index (χ0) is 13.4. The molecule has 7 heteroatoms. The Bertz CT molecular complexity index is 263. The fourth-order valence-corrected chi connectivity index (χ4v) is 1.92. The highest BCUT2D eigenvalue weighted by atomic mass is 19.4. The molecule has 0 amide bonds. The lowest BCUT2D eigenvalue weighted by Crippen LogP contribution is -2.41. The Labute approximate surface area is 105 Å². The molecule has 1 fully saturated rings. The van der Waals surface area contributed by atoms with Crippen molar-refractivity contribution < 1.29 is 17.9 Å². The van der Waals surface area contributed by atoms with Gasteiger partial charge in [0, 0.05) is 6.04 Å². The maximum atomic E-state index is 11.8. The van der Waals surface area contributed by atoms with Crippen LogP contribution in [0.4, 0.5) is 13.2 Å². The smallest absolute Gasteiger partial charge is 0.370 e. The highest BCUT2D eigenvalue weighted by Gasteiger charge is 2.27. The lowest BCUT2D eigenvalue weighted by Gasteiger charge is -2.23. The number of aliphatic imine (C=N–C) groups is 1. The first-order valence-corrected chi connectivity index (χ1v) is 6.18. The van der Waals surface area contributed by atoms with Gasteiger partial charge in [0.15, 0.2) is 5.96 Å². The van der Waals surface area contributed by atoms with E-state index in [0.29, 0.717) is 6.04 Å². The monoisotopic (exact) mass is 267 g/mol. The number of guanidine groups is 1. The number of nitrogens with one attached hydrogen (secondary N) is 1. The van der Waals surface area contributed by atoms with E-state index in [-0.39, 0.29) is 19.1 Å². The van der Waals surface area contributed by atoms with Gasteiger partial charge < -0.3 is 15.8 Å². The highest BCUT2D eigenvalue weighted by molar-refractivity contribution is 5.78. The lowest BCUT2D eigenvalue weighted by atomic mass is 9.96. The Morgan fingerprint density at radius 2 is 1.94 bits per heavy atom. The summed E-state index contributed by atoms with van der Waals surface area (Å²) < 4.78 is 39.7. The van der Waals surface area contributed by atoms with Gasteiger partial charge in [-0.15, -0.1) is 0 Å². The molecule has 0 saturated heterocycles. The molecular weight excluding hydrogens is 247 g/mol. The number of rotatable bonds is 5. The van der Waals surface area contributed by atoms with Crippen molar-refractivity contribution in [2.24, 2.45) is 10.7 Å². The van der Waals surface area contributed by atoms with Crippen molar-refractivity contribution in [2.45, 2.75) is 44.3 Å². The largest absolute Gasteiger partial charge is 0.411 e. The Morgan fingerprint density at radius 3 is 2.56 bits per heavy atom. The molecule has 1 aliphatic rings.